The number of benzene rings is 1. The number of amides is 1. The van der Waals surface area contributed by atoms with Crippen molar-refractivity contribution in [2.75, 3.05) is 12.3 Å². The van der Waals surface area contributed by atoms with Crippen LogP contribution in [0.25, 0.3) is 0 Å². The third-order valence-corrected chi connectivity index (χ3v) is 4.88. The molecule has 2 rings (SSSR count). The summed E-state index contributed by atoms with van der Waals surface area (Å²) in [5.41, 5.74) is 8.49. The molecule has 1 aromatic carbocycles. The first-order valence-corrected chi connectivity index (χ1v) is 8.16. The van der Waals surface area contributed by atoms with Crippen LogP contribution in [0.5, 0.6) is 0 Å². The van der Waals surface area contributed by atoms with Crippen molar-refractivity contribution in [3.05, 3.63) is 50.7 Å². The molecule has 0 atom stereocenters. The number of thiophene rings is 1. The van der Waals surface area contributed by atoms with E-state index in [0.29, 0.717) is 28.7 Å². The highest BCUT2D eigenvalue weighted by atomic mass is 35.5. The van der Waals surface area contributed by atoms with Crippen LogP contribution in [0.2, 0.25) is 5.02 Å². The van der Waals surface area contributed by atoms with Crippen LogP contribution in [0.15, 0.2) is 29.6 Å². The van der Waals surface area contributed by atoms with Crippen LogP contribution in [0, 0.1) is 6.92 Å². The predicted molar refractivity (Wildman–Crippen MR) is 90.0 cm³/mol. The van der Waals surface area contributed by atoms with Gasteiger partial charge in [-0.2, -0.15) is 0 Å². The van der Waals surface area contributed by atoms with Gasteiger partial charge in [0.25, 0.3) is 5.91 Å². The van der Waals surface area contributed by atoms with Gasteiger partial charge in [0.15, 0.2) is 0 Å². The average Bonchev–Trinajstić information content (AvgIpc) is 2.78. The van der Waals surface area contributed by atoms with Crippen LogP contribution in [0.1, 0.15) is 34.1 Å². The van der Waals surface area contributed by atoms with Gasteiger partial charge in [-0.3, -0.25) is 4.79 Å². The highest BCUT2D eigenvalue weighted by Crippen LogP contribution is 2.29. The van der Waals surface area contributed by atoms with Crippen LogP contribution in [0.3, 0.4) is 0 Å². The molecule has 112 valence electrons. The van der Waals surface area contributed by atoms with Crippen molar-refractivity contribution in [2.45, 2.75) is 26.8 Å². The molecule has 3 nitrogen and oxygen atoms in total. The molecule has 0 fully saturated rings. The lowest BCUT2D eigenvalue weighted by Gasteiger charge is -2.22. The maximum Gasteiger partial charge on any atom is 0.265 e. The van der Waals surface area contributed by atoms with Crippen LogP contribution >= 0.6 is 22.9 Å². The Hall–Kier alpha value is -1.52. The molecule has 0 radical (unpaired) electrons. The van der Waals surface area contributed by atoms with Gasteiger partial charge in [0, 0.05) is 18.8 Å². The van der Waals surface area contributed by atoms with Gasteiger partial charge >= 0.3 is 0 Å². The molecule has 2 N–H and O–H groups in total. The van der Waals surface area contributed by atoms with Gasteiger partial charge in [0.1, 0.15) is 4.88 Å². The minimum atomic E-state index is -0.0117. The number of hydrogen-bond donors (Lipinski definition) is 1. The summed E-state index contributed by atoms with van der Waals surface area (Å²) in [4.78, 5) is 15.1. The van der Waals surface area contributed by atoms with E-state index >= 15 is 0 Å². The summed E-state index contributed by atoms with van der Waals surface area (Å²) in [5.74, 6) is -0.0117. The fourth-order valence-electron chi connectivity index (χ4n) is 2.15. The van der Waals surface area contributed by atoms with Gasteiger partial charge in [-0.1, -0.05) is 30.7 Å². The molecule has 0 saturated heterocycles. The number of nitrogen functional groups attached to an aromatic ring is 1. The second kappa shape index (κ2) is 6.96. The van der Waals surface area contributed by atoms with Crippen LogP contribution in [-0.2, 0) is 6.54 Å². The van der Waals surface area contributed by atoms with Crippen molar-refractivity contribution >= 4 is 34.5 Å². The molecule has 21 heavy (non-hydrogen) atoms. The molecular formula is C16H19ClN2OS. The maximum absolute atomic E-state index is 12.7. The molecule has 0 aliphatic rings. The van der Waals surface area contributed by atoms with Crippen LogP contribution in [0.4, 0.5) is 5.69 Å². The molecular weight excluding hydrogens is 304 g/mol. The standard InChI is InChI=1S/C16H19ClN2OS/c1-3-7-19(9-12-5-4-6-13(18)8-12)16(20)15-14(17)11(2)10-21-15/h4-6,8,10H,3,7,9,18H2,1-2H3. The number of nitrogens with two attached hydrogens (primary N) is 1. The Morgan fingerprint density at radius 3 is 2.76 bits per heavy atom. The summed E-state index contributed by atoms with van der Waals surface area (Å²) < 4.78 is 0. The van der Waals surface area contributed by atoms with Gasteiger partial charge < -0.3 is 10.6 Å². The second-order valence-electron chi connectivity index (χ2n) is 5.03. The zero-order chi connectivity index (χ0) is 15.4. The quantitative estimate of drug-likeness (QED) is 0.832. The van der Waals surface area contributed by atoms with Gasteiger partial charge in [0.2, 0.25) is 0 Å². The molecule has 1 heterocycles. The third-order valence-electron chi connectivity index (χ3n) is 3.20. The number of aryl methyl sites for hydroxylation is 1. The van der Waals surface area contributed by atoms with Crippen molar-refractivity contribution in [2.24, 2.45) is 0 Å². The summed E-state index contributed by atoms with van der Waals surface area (Å²) in [7, 11) is 0. The maximum atomic E-state index is 12.7. The highest BCUT2D eigenvalue weighted by molar-refractivity contribution is 7.13. The first-order chi connectivity index (χ1) is 10.0. The van der Waals surface area contributed by atoms with E-state index in [1.807, 2.05) is 41.5 Å². The number of anilines is 1. The molecule has 0 spiro atoms. The molecule has 1 aromatic heterocycles. The molecule has 2 aromatic rings. The summed E-state index contributed by atoms with van der Waals surface area (Å²) in [6.45, 7) is 5.21. The highest BCUT2D eigenvalue weighted by Gasteiger charge is 2.20. The Kier molecular flexibility index (Phi) is 5.26. The first kappa shape index (κ1) is 15.9. The van der Waals surface area contributed by atoms with E-state index in [-0.39, 0.29) is 5.91 Å². The van der Waals surface area contributed by atoms with E-state index in [0.717, 1.165) is 17.5 Å². The number of rotatable bonds is 5. The lowest BCUT2D eigenvalue weighted by atomic mass is 10.2. The fourth-order valence-corrected chi connectivity index (χ4v) is 3.39. The lowest BCUT2D eigenvalue weighted by molar-refractivity contribution is 0.0748. The Balaban J connectivity index is 2.22. The zero-order valence-electron chi connectivity index (χ0n) is 12.2. The third kappa shape index (κ3) is 3.77. The van der Waals surface area contributed by atoms with Crippen molar-refractivity contribution < 1.29 is 4.79 Å². The average molecular weight is 323 g/mol. The SMILES string of the molecule is CCCN(Cc1cccc(N)c1)C(=O)c1scc(C)c1Cl. The first-order valence-electron chi connectivity index (χ1n) is 6.90. The van der Waals surface area contributed by atoms with E-state index in [1.165, 1.54) is 11.3 Å². The smallest absolute Gasteiger partial charge is 0.265 e. The van der Waals surface area contributed by atoms with E-state index in [1.54, 1.807) is 0 Å². The molecule has 0 aliphatic heterocycles. The normalized spacial score (nSPS) is 10.6. The van der Waals surface area contributed by atoms with Crippen molar-refractivity contribution in [3.8, 4) is 0 Å². The predicted octanol–water partition coefficient (Wildman–Crippen LogP) is 4.34. The Morgan fingerprint density at radius 2 is 2.19 bits per heavy atom. The minimum absolute atomic E-state index is 0.0117. The number of nitrogens with zero attached hydrogens (tertiary/aromatic N) is 1. The lowest BCUT2D eigenvalue weighted by Crippen LogP contribution is -2.31. The minimum Gasteiger partial charge on any atom is -0.399 e. The Labute approximate surface area is 134 Å². The van der Waals surface area contributed by atoms with Crippen molar-refractivity contribution in [3.63, 3.8) is 0 Å². The molecule has 0 unspecified atom stereocenters. The van der Waals surface area contributed by atoms with E-state index in [9.17, 15) is 4.79 Å². The molecule has 5 heteroatoms. The largest absolute Gasteiger partial charge is 0.399 e. The van der Waals surface area contributed by atoms with Crippen molar-refractivity contribution in [1.82, 2.24) is 4.90 Å². The topological polar surface area (TPSA) is 46.3 Å². The number of hydrogen-bond acceptors (Lipinski definition) is 3. The van der Waals surface area contributed by atoms with E-state index < -0.39 is 0 Å². The Bertz CT molecular complexity index is 639. The summed E-state index contributed by atoms with van der Waals surface area (Å²) in [6, 6.07) is 7.63. The molecule has 0 aliphatic carbocycles. The second-order valence-corrected chi connectivity index (χ2v) is 6.29. The van der Waals surface area contributed by atoms with E-state index in [2.05, 4.69) is 6.92 Å². The molecule has 0 bridgehead atoms. The number of carbonyl (C=O) groups is 1. The van der Waals surface area contributed by atoms with Gasteiger partial charge in [0.05, 0.1) is 5.02 Å². The molecule has 0 saturated carbocycles. The fraction of sp³-hybridized carbons (Fsp3) is 0.312. The zero-order valence-corrected chi connectivity index (χ0v) is 13.8. The van der Waals surface area contributed by atoms with Crippen molar-refractivity contribution in [1.29, 1.82) is 0 Å². The Morgan fingerprint density at radius 1 is 1.43 bits per heavy atom. The van der Waals surface area contributed by atoms with Gasteiger partial charge in [-0.25, -0.2) is 0 Å². The summed E-state index contributed by atoms with van der Waals surface area (Å²) >= 11 is 7.62. The van der Waals surface area contributed by atoms with Gasteiger partial charge in [-0.15, -0.1) is 11.3 Å². The summed E-state index contributed by atoms with van der Waals surface area (Å²) in [6.07, 6.45) is 0.899. The van der Waals surface area contributed by atoms with E-state index in [4.69, 9.17) is 17.3 Å². The monoisotopic (exact) mass is 322 g/mol. The molecule has 1 amide bonds. The number of carbonyl (C=O) groups excluding carboxylic acids is 1. The summed E-state index contributed by atoms with van der Waals surface area (Å²) in [5, 5.41) is 2.49. The van der Waals surface area contributed by atoms with Crippen LogP contribution < -0.4 is 5.73 Å². The van der Waals surface area contributed by atoms with Gasteiger partial charge in [-0.05, 0) is 42.0 Å². The van der Waals surface area contributed by atoms with Crippen LogP contribution in [-0.4, -0.2) is 17.4 Å². The number of halogens is 1.